The highest BCUT2D eigenvalue weighted by atomic mass is 16.6. The molecular formula is C24H31N3O. The lowest BCUT2D eigenvalue weighted by molar-refractivity contribution is 0.0273. The Balaban J connectivity index is 1.85. The van der Waals surface area contributed by atoms with Crippen LogP contribution >= 0.6 is 0 Å². The molecule has 148 valence electrons. The third kappa shape index (κ3) is 2.37. The molecule has 0 radical (unpaired) electrons. The Labute approximate surface area is 167 Å². The van der Waals surface area contributed by atoms with Crippen LogP contribution in [0.2, 0.25) is 0 Å². The summed E-state index contributed by atoms with van der Waals surface area (Å²) in [6.07, 6.45) is 9.45. The van der Waals surface area contributed by atoms with Crippen LogP contribution in [0.1, 0.15) is 63.3 Å². The van der Waals surface area contributed by atoms with Gasteiger partial charge in [-0.25, -0.2) is 0 Å². The van der Waals surface area contributed by atoms with E-state index in [1.807, 2.05) is 0 Å². The van der Waals surface area contributed by atoms with Crippen molar-refractivity contribution < 1.29 is 4.84 Å². The Morgan fingerprint density at radius 3 is 2.89 bits per heavy atom. The largest absolute Gasteiger partial charge is 0.399 e. The Bertz CT molecular complexity index is 970. The van der Waals surface area contributed by atoms with Gasteiger partial charge >= 0.3 is 0 Å². The number of rotatable bonds is 5. The number of aromatic nitrogens is 1. The lowest BCUT2D eigenvalue weighted by atomic mass is 9.66. The zero-order valence-electron chi connectivity index (χ0n) is 17.4. The smallest absolute Gasteiger partial charge is 0.106 e. The van der Waals surface area contributed by atoms with Crippen molar-refractivity contribution in [2.24, 2.45) is 10.6 Å². The molecule has 4 nitrogen and oxygen atoms in total. The van der Waals surface area contributed by atoms with Crippen LogP contribution in [0.25, 0.3) is 16.6 Å². The molecule has 2 atom stereocenters. The van der Waals surface area contributed by atoms with Crippen LogP contribution in [-0.2, 0) is 11.3 Å². The van der Waals surface area contributed by atoms with Crippen LogP contribution in [0.15, 0.2) is 35.5 Å². The fraction of sp³-hybridized carbons (Fsp3) is 0.542. The summed E-state index contributed by atoms with van der Waals surface area (Å²) in [5, 5.41) is 5.93. The van der Waals surface area contributed by atoms with Gasteiger partial charge in [0.15, 0.2) is 0 Å². The molecule has 2 aromatic rings. The van der Waals surface area contributed by atoms with Gasteiger partial charge in [-0.1, -0.05) is 49.7 Å². The van der Waals surface area contributed by atoms with Crippen molar-refractivity contribution in [2.45, 2.75) is 58.4 Å². The summed E-state index contributed by atoms with van der Waals surface area (Å²) in [6, 6.07) is 9.44. The number of nitrogens with zero attached hydrogens (tertiary/aromatic N) is 3. The van der Waals surface area contributed by atoms with E-state index in [4.69, 9.17) is 4.84 Å². The molecule has 1 aromatic carbocycles. The minimum atomic E-state index is 0.204. The number of piperidine rings is 1. The van der Waals surface area contributed by atoms with E-state index in [1.54, 1.807) is 12.7 Å². The van der Waals surface area contributed by atoms with Crippen molar-refractivity contribution >= 4 is 22.3 Å². The van der Waals surface area contributed by atoms with Gasteiger partial charge < -0.3 is 9.40 Å². The van der Waals surface area contributed by atoms with E-state index in [1.165, 1.54) is 54.6 Å². The summed E-state index contributed by atoms with van der Waals surface area (Å²) in [4.78, 5) is 8.06. The van der Waals surface area contributed by atoms with E-state index < -0.39 is 0 Å². The molecule has 5 rings (SSSR count). The van der Waals surface area contributed by atoms with Gasteiger partial charge in [0.25, 0.3) is 0 Å². The fourth-order valence-corrected chi connectivity index (χ4v) is 6.06. The van der Waals surface area contributed by atoms with Gasteiger partial charge in [-0.3, -0.25) is 4.90 Å². The summed E-state index contributed by atoms with van der Waals surface area (Å²) < 4.78 is 2.54. The summed E-state index contributed by atoms with van der Waals surface area (Å²) in [5.74, 6) is 0. The normalized spacial score (nSPS) is 26.9. The molecule has 0 spiro atoms. The summed E-state index contributed by atoms with van der Waals surface area (Å²) in [7, 11) is 1.67. The minimum Gasteiger partial charge on any atom is -0.399 e. The third-order valence-electron chi connectivity index (χ3n) is 7.23. The standard InChI is InChI=1S/C24H31N3O/c1-4-9-19(25-28-3)21-16-24(5-2)13-8-14-26-15-12-18-17-10-6-7-11-20(17)27(21)22(18)23(24)26/h6-7,10-11,16,23H,4-5,8-9,12-15H2,1-3H3/b25-19+/t23-,24+/m1/s1. The first-order chi connectivity index (χ1) is 13.7. The molecule has 0 aliphatic carbocycles. The lowest BCUT2D eigenvalue weighted by Gasteiger charge is -2.53. The number of para-hydroxylation sites is 1. The Morgan fingerprint density at radius 2 is 2.11 bits per heavy atom. The van der Waals surface area contributed by atoms with Crippen molar-refractivity contribution in [3.63, 3.8) is 0 Å². The topological polar surface area (TPSA) is 29.8 Å². The maximum atomic E-state index is 5.30. The molecule has 1 aromatic heterocycles. The van der Waals surface area contributed by atoms with E-state index in [-0.39, 0.29) is 5.41 Å². The van der Waals surface area contributed by atoms with Crippen molar-refractivity contribution in [3.05, 3.63) is 41.6 Å². The molecule has 3 aliphatic heterocycles. The van der Waals surface area contributed by atoms with Crippen LogP contribution in [0, 0.1) is 5.41 Å². The van der Waals surface area contributed by atoms with Gasteiger partial charge in [0.2, 0.25) is 0 Å². The van der Waals surface area contributed by atoms with E-state index in [9.17, 15) is 0 Å². The minimum absolute atomic E-state index is 0.204. The van der Waals surface area contributed by atoms with Gasteiger partial charge in [0, 0.05) is 23.0 Å². The van der Waals surface area contributed by atoms with Crippen LogP contribution in [-0.4, -0.2) is 35.4 Å². The van der Waals surface area contributed by atoms with Crippen molar-refractivity contribution in [1.82, 2.24) is 9.47 Å². The Hall–Kier alpha value is -2.07. The first-order valence-corrected chi connectivity index (χ1v) is 10.9. The lowest BCUT2D eigenvalue weighted by Crippen LogP contribution is -2.51. The van der Waals surface area contributed by atoms with Gasteiger partial charge in [-0.2, -0.15) is 0 Å². The molecule has 0 bridgehead atoms. The van der Waals surface area contributed by atoms with E-state index in [2.05, 4.69) is 58.8 Å². The van der Waals surface area contributed by atoms with Crippen LogP contribution in [0.3, 0.4) is 0 Å². The molecule has 1 fully saturated rings. The van der Waals surface area contributed by atoms with Gasteiger partial charge in [-0.05, 0) is 50.3 Å². The fourth-order valence-electron chi connectivity index (χ4n) is 6.06. The number of oxime groups is 1. The molecule has 0 unspecified atom stereocenters. The average molecular weight is 378 g/mol. The highest BCUT2D eigenvalue weighted by Crippen LogP contribution is 2.57. The maximum Gasteiger partial charge on any atom is 0.106 e. The SMILES string of the molecule is CCC/C(=N\OC)C1=C[C@]2(CC)CCCN3CCc4c(n1c1ccccc41)[C@@H]32. The molecule has 4 heteroatoms. The van der Waals surface area contributed by atoms with Gasteiger partial charge in [-0.15, -0.1) is 0 Å². The second-order valence-electron chi connectivity index (χ2n) is 8.60. The van der Waals surface area contributed by atoms with Crippen LogP contribution < -0.4 is 0 Å². The molecule has 3 aliphatic rings. The van der Waals surface area contributed by atoms with E-state index in [0.29, 0.717) is 6.04 Å². The number of allylic oxidation sites excluding steroid dienone is 1. The first-order valence-electron chi connectivity index (χ1n) is 10.9. The van der Waals surface area contributed by atoms with E-state index in [0.717, 1.165) is 25.0 Å². The zero-order chi connectivity index (χ0) is 19.3. The summed E-state index contributed by atoms with van der Waals surface area (Å²) >= 11 is 0. The van der Waals surface area contributed by atoms with Crippen molar-refractivity contribution in [1.29, 1.82) is 0 Å². The number of hydrogen-bond donors (Lipinski definition) is 0. The average Bonchev–Trinajstić information content (AvgIpc) is 3.07. The number of benzene rings is 1. The van der Waals surface area contributed by atoms with Crippen LogP contribution in [0.5, 0.6) is 0 Å². The van der Waals surface area contributed by atoms with Crippen molar-refractivity contribution in [3.8, 4) is 0 Å². The zero-order valence-corrected chi connectivity index (χ0v) is 17.4. The predicted molar refractivity (Wildman–Crippen MR) is 116 cm³/mol. The van der Waals surface area contributed by atoms with Gasteiger partial charge in [0.1, 0.15) is 12.8 Å². The first kappa shape index (κ1) is 18.0. The molecule has 28 heavy (non-hydrogen) atoms. The molecule has 0 saturated carbocycles. The molecule has 0 N–H and O–H groups in total. The van der Waals surface area contributed by atoms with Gasteiger partial charge in [0.05, 0.1) is 17.3 Å². The highest BCUT2D eigenvalue weighted by Gasteiger charge is 2.50. The summed E-state index contributed by atoms with van der Waals surface area (Å²) in [5.41, 5.74) is 6.98. The molecule has 0 amide bonds. The monoisotopic (exact) mass is 377 g/mol. The molecule has 4 heterocycles. The molecular weight excluding hydrogens is 346 g/mol. The van der Waals surface area contributed by atoms with Crippen molar-refractivity contribution in [2.75, 3.05) is 20.2 Å². The predicted octanol–water partition coefficient (Wildman–Crippen LogP) is 5.39. The number of fused-ring (bicyclic) bond motifs is 3. The van der Waals surface area contributed by atoms with E-state index >= 15 is 0 Å². The third-order valence-corrected chi connectivity index (χ3v) is 7.23. The second kappa shape index (κ2) is 6.77. The second-order valence-corrected chi connectivity index (χ2v) is 8.60. The van der Waals surface area contributed by atoms with Crippen LogP contribution in [0.4, 0.5) is 0 Å². The maximum absolute atomic E-state index is 5.30. The Morgan fingerprint density at radius 1 is 1.25 bits per heavy atom. The Kier molecular flexibility index (Phi) is 4.35. The quantitative estimate of drug-likeness (QED) is 0.517. The highest BCUT2D eigenvalue weighted by molar-refractivity contribution is 6.20. The molecule has 1 saturated heterocycles. The summed E-state index contributed by atoms with van der Waals surface area (Å²) in [6.45, 7) is 7.00. The number of hydrogen-bond acceptors (Lipinski definition) is 3.